The highest BCUT2D eigenvalue weighted by molar-refractivity contribution is 5.60. The van der Waals surface area contributed by atoms with Crippen molar-refractivity contribution < 1.29 is 28.5 Å². The van der Waals surface area contributed by atoms with Crippen molar-refractivity contribution in [2.75, 3.05) is 26.3 Å². The van der Waals surface area contributed by atoms with Crippen molar-refractivity contribution in [2.45, 2.75) is 38.9 Å². The summed E-state index contributed by atoms with van der Waals surface area (Å²) < 4.78 is 19.5. The average Bonchev–Trinajstić information content (AvgIpc) is 2.59. The van der Waals surface area contributed by atoms with Gasteiger partial charge in [-0.2, -0.15) is 0 Å². The van der Waals surface area contributed by atoms with Crippen LogP contribution in [0.5, 0.6) is 0 Å². The third kappa shape index (κ3) is 14.5. The number of carbonyl (C=O) groups is 2. The van der Waals surface area contributed by atoms with E-state index in [0.717, 1.165) is 0 Å². The van der Waals surface area contributed by atoms with Gasteiger partial charge in [0.2, 0.25) is 0 Å². The molecule has 0 aliphatic heterocycles. The molecule has 12 nitrogen and oxygen atoms in total. The van der Waals surface area contributed by atoms with Gasteiger partial charge in [-0.25, -0.2) is 9.59 Å². The van der Waals surface area contributed by atoms with Gasteiger partial charge in [0.05, 0.1) is 13.2 Å². The summed E-state index contributed by atoms with van der Waals surface area (Å²) in [6.45, 7) is 3.85. The molecule has 0 saturated carbocycles. The van der Waals surface area contributed by atoms with Crippen molar-refractivity contribution >= 4 is 12.3 Å². The Morgan fingerprint density at radius 1 is 0.885 bits per heavy atom. The minimum absolute atomic E-state index is 0.0827. The predicted octanol–water partition coefficient (Wildman–Crippen LogP) is 4.03. The lowest BCUT2D eigenvalue weighted by atomic mass is 10.3. The van der Waals surface area contributed by atoms with E-state index in [0.29, 0.717) is 12.8 Å². The lowest BCUT2D eigenvalue weighted by Gasteiger charge is -2.12. The maximum Gasteiger partial charge on any atom is 0.508 e. The summed E-state index contributed by atoms with van der Waals surface area (Å²) in [7, 11) is 0. The Morgan fingerprint density at radius 2 is 1.27 bits per heavy atom. The standard InChI is InChI=1S/C14H22N6O6/c1-11(25-13(21)23-9-3-7-17-19-15)5-6-12(2)26-14(22)24-10-4-8-18-20-16/h5-6,11-12H,3-4,7-10H2,1-2H3/b6-5+. The highest BCUT2D eigenvalue weighted by Crippen LogP contribution is 2.02. The van der Waals surface area contributed by atoms with Gasteiger partial charge in [0.15, 0.2) is 0 Å². The van der Waals surface area contributed by atoms with E-state index in [9.17, 15) is 9.59 Å². The molecular formula is C14H22N6O6. The molecule has 12 heteroatoms. The first-order valence-electron chi connectivity index (χ1n) is 7.86. The first kappa shape index (κ1) is 22.9. The van der Waals surface area contributed by atoms with Gasteiger partial charge in [0, 0.05) is 22.9 Å². The Bertz CT molecular complexity index is 508. The quantitative estimate of drug-likeness (QED) is 0.125. The van der Waals surface area contributed by atoms with Crippen LogP contribution in [0.15, 0.2) is 22.4 Å². The molecule has 0 rings (SSSR count). The summed E-state index contributed by atoms with van der Waals surface area (Å²) in [5, 5.41) is 6.60. The molecule has 0 amide bonds. The highest BCUT2D eigenvalue weighted by atomic mass is 16.7. The van der Waals surface area contributed by atoms with Crippen LogP contribution in [0.25, 0.3) is 20.9 Å². The molecule has 0 aromatic carbocycles. The SMILES string of the molecule is CC(/C=C/C(C)OC(=O)OCCCN=[N+]=[N-])OC(=O)OCCCN=[N+]=[N-]. The second-order valence-electron chi connectivity index (χ2n) is 4.84. The molecule has 2 atom stereocenters. The molecule has 144 valence electrons. The fourth-order valence-corrected chi connectivity index (χ4v) is 1.43. The molecule has 0 bridgehead atoms. The Labute approximate surface area is 150 Å². The zero-order chi connectivity index (χ0) is 19.6. The Hall–Kier alpha value is -3.10. The van der Waals surface area contributed by atoms with Gasteiger partial charge >= 0.3 is 12.3 Å². The minimum Gasteiger partial charge on any atom is -0.434 e. The Morgan fingerprint density at radius 3 is 1.62 bits per heavy atom. The van der Waals surface area contributed by atoms with Crippen LogP contribution in [0.4, 0.5) is 9.59 Å². The monoisotopic (exact) mass is 370 g/mol. The normalized spacial score (nSPS) is 12.2. The number of ether oxygens (including phenoxy) is 4. The maximum absolute atomic E-state index is 11.4. The number of nitrogens with zero attached hydrogens (tertiary/aromatic N) is 6. The maximum atomic E-state index is 11.4. The summed E-state index contributed by atoms with van der Waals surface area (Å²) >= 11 is 0. The lowest BCUT2D eigenvalue weighted by Crippen LogP contribution is -2.17. The van der Waals surface area contributed by atoms with E-state index in [1.54, 1.807) is 13.8 Å². The highest BCUT2D eigenvalue weighted by Gasteiger charge is 2.10. The van der Waals surface area contributed by atoms with Crippen molar-refractivity contribution in [3.8, 4) is 0 Å². The van der Waals surface area contributed by atoms with E-state index < -0.39 is 24.5 Å². The van der Waals surface area contributed by atoms with Crippen LogP contribution in [0.1, 0.15) is 26.7 Å². The molecule has 2 unspecified atom stereocenters. The molecule has 0 heterocycles. The van der Waals surface area contributed by atoms with Crippen molar-refractivity contribution in [1.82, 2.24) is 0 Å². The molecule has 26 heavy (non-hydrogen) atoms. The van der Waals surface area contributed by atoms with Crippen LogP contribution in [0.2, 0.25) is 0 Å². The smallest absolute Gasteiger partial charge is 0.434 e. The number of rotatable bonds is 12. The molecule has 0 aromatic heterocycles. The average molecular weight is 370 g/mol. The van der Waals surface area contributed by atoms with Crippen molar-refractivity contribution in [1.29, 1.82) is 0 Å². The molecule has 0 spiro atoms. The zero-order valence-electron chi connectivity index (χ0n) is 14.7. The van der Waals surface area contributed by atoms with Gasteiger partial charge in [-0.15, -0.1) is 0 Å². The van der Waals surface area contributed by atoms with Crippen LogP contribution in [-0.4, -0.2) is 50.8 Å². The second kappa shape index (κ2) is 15.4. The van der Waals surface area contributed by atoms with Crippen molar-refractivity contribution in [3.05, 3.63) is 33.0 Å². The summed E-state index contributed by atoms with van der Waals surface area (Å²) in [6, 6.07) is 0. The second-order valence-corrected chi connectivity index (χ2v) is 4.84. The topological polar surface area (TPSA) is 169 Å². The number of carbonyl (C=O) groups excluding carboxylic acids is 2. The molecule has 0 aromatic rings. The lowest BCUT2D eigenvalue weighted by molar-refractivity contribution is 0.0365. The van der Waals surface area contributed by atoms with Gasteiger partial charge in [-0.05, 0) is 49.9 Å². The summed E-state index contributed by atoms with van der Waals surface area (Å²) in [4.78, 5) is 27.9. The van der Waals surface area contributed by atoms with Crippen LogP contribution in [0, 0.1) is 0 Å². The first-order valence-corrected chi connectivity index (χ1v) is 7.86. The third-order valence-electron chi connectivity index (χ3n) is 2.59. The van der Waals surface area contributed by atoms with Crippen LogP contribution < -0.4 is 0 Å². The molecule has 0 saturated heterocycles. The van der Waals surface area contributed by atoms with Gasteiger partial charge in [0.1, 0.15) is 12.2 Å². The van der Waals surface area contributed by atoms with Crippen molar-refractivity contribution in [2.24, 2.45) is 10.2 Å². The third-order valence-corrected chi connectivity index (χ3v) is 2.59. The Kier molecular flexibility index (Phi) is 13.6. The van der Waals surface area contributed by atoms with E-state index in [-0.39, 0.29) is 26.3 Å². The fourth-order valence-electron chi connectivity index (χ4n) is 1.43. The van der Waals surface area contributed by atoms with Gasteiger partial charge in [-0.1, -0.05) is 10.2 Å². The fraction of sp³-hybridized carbons (Fsp3) is 0.714. The summed E-state index contributed by atoms with van der Waals surface area (Å²) in [5.74, 6) is 0. The minimum atomic E-state index is -0.851. The largest absolute Gasteiger partial charge is 0.508 e. The predicted molar refractivity (Wildman–Crippen MR) is 90.2 cm³/mol. The van der Waals surface area contributed by atoms with E-state index in [1.807, 2.05) is 0 Å². The van der Waals surface area contributed by atoms with E-state index in [1.165, 1.54) is 12.2 Å². The number of hydrogen-bond acceptors (Lipinski definition) is 8. The van der Waals surface area contributed by atoms with E-state index in [4.69, 9.17) is 30.0 Å². The van der Waals surface area contributed by atoms with Crippen molar-refractivity contribution in [3.63, 3.8) is 0 Å². The molecule has 0 radical (unpaired) electrons. The number of azide groups is 2. The molecule has 0 aliphatic rings. The Balaban J connectivity index is 3.93. The van der Waals surface area contributed by atoms with E-state index >= 15 is 0 Å². The number of hydrogen-bond donors (Lipinski definition) is 0. The molecule has 0 fully saturated rings. The van der Waals surface area contributed by atoms with E-state index in [2.05, 4.69) is 20.1 Å². The molecule has 0 aliphatic carbocycles. The zero-order valence-corrected chi connectivity index (χ0v) is 14.7. The van der Waals surface area contributed by atoms with Gasteiger partial charge < -0.3 is 18.9 Å². The summed E-state index contributed by atoms with van der Waals surface area (Å²) in [5.41, 5.74) is 16.2. The molecular weight excluding hydrogens is 348 g/mol. The van der Waals surface area contributed by atoms with Gasteiger partial charge in [0.25, 0.3) is 0 Å². The summed E-state index contributed by atoms with van der Waals surface area (Å²) in [6.07, 6.45) is 0.975. The van der Waals surface area contributed by atoms with Crippen LogP contribution >= 0.6 is 0 Å². The molecule has 0 N–H and O–H groups in total. The van der Waals surface area contributed by atoms with Gasteiger partial charge in [-0.3, -0.25) is 0 Å². The first-order chi connectivity index (χ1) is 12.5. The van der Waals surface area contributed by atoms with Crippen LogP contribution in [0.3, 0.4) is 0 Å². The van der Waals surface area contributed by atoms with Crippen LogP contribution in [-0.2, 0) is 18.9 Å².